The number of aryl methyl sites for hydroxylation is 2. The molecule has 112 valence electrons. The maximum absolute atomic E-state index is 12.4. The summed E-state index contributed by atoms with van der Waals surface area (Å²) in [7, 11) is 0. The Kier molecular flexibility index (Phi) is 4.68. The summed E-state index contributed by atoms with van der Waals surface area (Å²) >= 11 is 5.87. The van der Waals surface area contributed by atoms with Gasteiger partial charge in [0, 0.05) is 10.6 Å². The summed E-state index contributed by atoms with van der Waals surface area (Å²) in [6.07, 6.45) is 0. The van der Waals surface area contributed by atoms with Crippen LogP contribution in [0.2, 0.25) is 5.02 Å². The molecule has 0 saturated heterocycles. The second kappa shape index (κ2) is 6.31. The van der Waals surface area contributed by atoms with E-state index in [0.29, 0.717) is 10.8 Å². The molecule has 4 nitrogen and oxygen atoms in total. The number of benzene rings is 1. The van der Waals surface area contributed by atoms with E-state index in [-0.39, 0.29) is 17.9 Å². The summed E-state index contributed by atoms with van der Waals surface area (Å²) in [6, 6.07) is 7.37. The Hall–Kier alpha value is -1.81. The molecule has 0 unspecified atom stereocenters. The molecule has 0 aliphatic carbocycles. The minimum Gasteiger partial charge on any atom is -0.361 e. The first-order chi connectivity index (χ1) is 9.90. The molecule has 0 aliphatic heterocycles. The molecule has 0 bridgehead atoms. The fraction of sp³-hybridized carbons (Fsp3) is 0.375. The summed E-state index contributed by atoms with van der Waals surface area (Å²) in [4.78, 5) is 12.4. The van der Waals surface area contributed by atoms with E-state index in [4.69, 9.17) is 16.1 Å². The van der Waals surface area contributed by atoms with E-state index >= 15 is 0 Å². The Bertz CT molecular complexity index is 615. The number of nitrogens with one attached hydrogen (secondary N) is 1. The van der Waals surface area contributed by atoms with Crippen molar-refractivity contribution in [2.75, 3.05) is 0 Å². The highest BCUT2D eigenvalue weighted by atomic mass is 35.5. The van der Waals surface area contributed by atoms with Crippen molar-refractivity contribution in [2.24, 2.45) is 0 Å². The van der Waals surface area contributed by atoms with Crippen LogP contribution in [0.3, 0.4) is 0 Å². The Labute approximate surface area is 129 Å². The van der Waals surface area contributed by atoms with Gasteiger partial charge >= 0.3 is 0 Å². The fourth-order valence-electron chi connectivity index (χ4n) is 2.41. The number of hydrogen-bond acceptors (Lipinski definition) is 3. The maximum Gasteiger partial charge on any atom is 0.227 e. The van der Waals surface area contributed by atoms with Crippen LogP contribution in [-0.2, 0) is 4.79 Å². The van der Waals surface area contributed by atoms with Crippen molar-refractivity contribution in [3.8, 4) is 0 Å². The third-order valence-corrected chi connectivity index (χ3v) is 3.90. The molecule has 2 aromatic rings. The zero-order valence-corrected chi connectivity index (χ0v) is 13.4. The van der Waals surface area contributed by atoms with E-state index in [1.807, 2.05) is 52.0 Å². The zero-order valence-electron chi connectivity index (χ0n) is 12.6. The number of nitrogens with zero attached hydrogens (tertiary/aromatic N) is 1. The van der Waals surface area contributed by atoms with Gasteiger partial charge in [0.1, 0.15) is 5.76 Å². The number of carbonyl (C=O) groups excluding carboxylic acids is 1. The molecule has 2 rings (SSSR count). The van der Waals surface area contributed by atoms with Crippen LogP contribution in [0, 0.1) is 13.8 Å². The lowest BCUT2D eigenvalue weighted by molar-refractivity contribution is -0.122. The number of halogens is 1. The van der Waals surface area contributed by atoms with Crippen LogP contribution in [0.4, 0.5) is 0 Å². The molecule has 0 radical (unpaired) electrons. The lowest BCUT2D eigenvalue weighted by Crippen LogP contribution is -2.30. The highest BCUT2D eigenvalue weighted by molar-refractivity contribution is 6.30. The molecule has 21 heavy (non-hydrogen) atoms. The molecule has 5 heteroatoms. The molecule has 1 amide bonds. The van der Waals surface area contributed by atoms with Gasteiger partial charge in [0.15, 0.2) is 0 Å². The van der Waals surface area contributed by atoms with Crippen LogP contribution in [0.15, 0.2) is 28.8 Å². The van der Waals surface area contributed by atoms with Crippen molar-refractivity contribution in [1.29, 1.82) is 0 Å². The number of amides is 1. The first kappa shape index (κ1) is 15.6. The fourth-order valence-corrected chi connectivity index (χ4v) is 2.54. The summed E-state index contributed by atoms with van der Waals surface area (Å²) in [5.41, 5.74) is 2.63. The Balaban J connectivity index is 2.09. The molecule has 1 N–H and O–H groups in total. The van der Waals surface area contributed by atoms with Crippen molar-refractivity contribution in [3.63, 3.8) is 0 Å². The first-order valence-electron chi connectivity index (χ1n) is 6.88. The Morgan fingerprint density at radius 1 is 1.24 bits per heavy atom. The molecular formula is C16H19ClN2O2. The number of rotatable bonds is 4. The molecule has 0 saturated carbocycles. The van der Waals surface area contributed by atoms with Crippen LogP contribution in [0.25, 0.3) is 0 Å². The van der Waals surface area contributed by atoms with E-state index in [1.54, 1.807) is 0 Å². The number of carbonyl (C=O) groups is 1. The van der Waals surface area contributed by atoms with E-state index in [9.17, 15) is 4.79 Å². The average Bonchev–Trinajstić information content (AvgIpc) is 2.78. The van der Waals surface area contributed by atoms with Crippen molar-refractivity contribution >= 4 is 17.5 Å². The number of hydrogen-bond donors (Lipinski definition) is 1. The minimum atomic E-state index is -0.300. The van der Waals surface area contributed by atoms with Crippen molar-refractivity contribution < 1.29 is 9.32 Å². The largest absolute Gasteiger partial charge is 0.361 e. The molecular weight excluding hydrogens is 288 g/mol. The third kappa shape index (κ3) is 3.45. The standard InChI is InChI=1S/C16H19ClN2O2/c1-9(15-11(3)19-21-12(15)4)16(20)18-10(2)13-5-7-14(17)8-6-13/h5-10H,1-4H3,(H,18,20)/t9-,10-/m1/s1. The van der Waals surface area contributed by atoms with Gasteiger partial charge in [-0.15, -0.1) is 0 Å². The van der Waals surface area contributed by atoms with Gasteiger partial charge in [-0.05, 0) is 45.4 Å². The van der Waals surface area contributed by atoms with Crippen molar-refractivity contribution in [1.82, 2.24) is 10.5 Å². The highest BCUT2D eigenvalue weighted by Crippen LogP contribution is 2.24. The lowest BCUT2D eigenvalue weighted by atomic mass is 9.98. The van der Waals surface area contributed by atoms with Crippen molar-refractivity contribution in [3.05, 3.63) is 51.9 Å². The first-order valence-corrected chi connectivity index (χ1v) is 7.26. The average molecular weight is 307 g/mol. The predicted octanol–water partition coefficient (Wildman–Crippen LogP) is 3.93. The van der Waals surface area contributed by atoms with Crippen LogP contribution >= 0.6 is 11.6 Å². The van der Waals surface area contributed by atoms with Gasteiger partial charge in [0.05, 0.1) is 17.7 Å². The Morgan fingerprint density at radius 2 is 1.86 bits per heavy atom. The van der Waals surface area contributed by atoms with Crippen LogP contribution in [0.1, 0.15) is 48.4 Å². The van der Waals surface area contributed by atoms with Gasteiger partial charge in [-0.2, -0.15) is 0 Å². The summed E-state index contributed by atoms with van der Waals surface area (Å²) in [5, 5.41) is 7.59. The summed E-state index contributed by atoms with van der Waals surface area (Å²) < 4.78 is 5.12. The predicted molar refractivity (Wildman–Crippen MR) is 82.4 cm³/mol. The second-order valence-corrected chi connectivity index (χ2v) is 5.68. The van der Waals surface area contributed by atoms with E-state index in [0.717, 1.165) is 16.8 Å². The maximum atomic E-state index is 12.4. The van der Waals surface area contributed by atoms with Gasteiger partial charge in [0.25, 0.3) is 0 Å². The molecule has 0 fully saturated rings. The van der Waals surface area contributed by atoms with Gasteiger partial charge in [-0.1, -0.05) is 28.9 Å². The van der Waals surface area contributed by atoms with E-state index in [2.05, 4.69) is 10.5 Å². The number of aromatic nitrogens is 1. The van der Waals surface area contributed by atoms with Crippen LogP contribution < -0.4 is 5.32 Å². The highest BCUT2D eigenvalue weighted by Gasteiger charge is 2.24. The van der Waals surface area contributed by atoms with Crippen LogP contribution in [0.5, 0.6) is 0 Å². The molecule has 1 aromatic heterocycles. The lowest BCUT2D eigenvalue weighted by Gasteiger charge is -2.18. The van der Waals surface area contributed by atoms with Crippen molar-refractivity contribution in [2.45, 2.75) is 39.7 Å². The summed E-state index contributed by atoms with van der Waals surface area (Å²) in [5.74, 6) is 0.340. The molecule has 0 spiro atoms. The smallest absolute Gasteiger partial charge is 0.227 e. The van der Waals surface area contributed by atoms with Gasteiger partial charge in [-0.3, -0.25) is 4.79 Å². The van der Waals surface area contributed by atoms with E-state index < -0.39 is 0 Å². The molecule has 1 heterocycles. The zero-order chi connectivity index (χ0) is 15.6. The van der Waals surface area contributed by atoms with E-state index in [1.165, 1.54) is 0 Å². The quantitative estimate of drug-likeness (QED) is 0.931. The van der Waals surface area contributed by atoms with Crippen LogP contribution in [-0.4, -0.2) is 11.1 Å². The molecule has 1 aromatic carbocycles. The topological polar surface area (TPSA) is 55.1 Å². The normalized spacial score (nSPS) is 13.8. The second-order valence-electron chi connectivity index (χ2n) is 5.24. The van der Waals surface area contributed by atoms with Gasteiger partial charge in [0.2, 0.25) is 5.91 Å². The SMILES string of the molecule is Cc1noc(C)c1[C@@H](C)C(=O)N[C@H](C)c1ccc(Cl)cc1. The summed E-state index contributed by atoms with van der Waals surface area (Å²) in [6.45, 7) is 7.47. The third-order valence-electron chi connectivity index (χ3n) is 3.64. The molecule has 0 aliphatic rings. The monoisotopic (exact) mass is 306 g/mol. The Morgan fingerprint density at radius 3 is 2.38 bits per heavy atom. The minimum absolute atomic E-state index is 0.0492. The van der Waals surface area contributed by atoms with Gasteiger partial charge < -0.3 is 9.84 Å². The molecule has 2 atom stereocenters. The van der Waals surface area contributed by atoms with Gasteiger partial charge in [-0.25, -0.2) is 0 Å².